The number of hydrogen-bond donors (Lipinski definition) is 2. The molecule has 2 N–H and O–H groups in total. The molecule has 1 aliphatic heterocycles. The fourth-order valence-corrected chi connectivity index (χ4v) is 2.93. The van der Waals surface area contributed by atoms with Crippen LogP contribution >= 0.6 is 0 Å². The third kappa shape index (κ3) is 4.97. The van der Waals surface area contributed by atoms with Crippen molar-refractivity contribution in [2.75, 3.05) is 20.1 Å². The van der Waals surface area contributed by atoms with E-state index in [9.17, 15) is 19.8 Å². The fraction of sp³-hybridized carbons (Fsp3) is 0.867. The largest absolute Gasteiger partial charge is 0.480 e. The molecule has 0 radical (unpaired) electrons. The molecular formula is C15H28N2O4. The maximum Gasteiger partial charge on any atom is 0.320 e. The predicted molar refractivity (Wildman–Crippen MR) is 79.9 cm³/mol. The van der Waals surface area contributed by atoms with Crippen LogP contribution in [0.3, 0.4) is 0 Å². The van der Waals surface area contributed by atoms with Crippen molar-refractivity contribution in [2.45, 2.75) is 58.2 Å². The summed E-state index contributed by atoms with van der Waals surface area (Å²) < 4.78 is 0. The van der Waals surface area contributed by atoms with Crippen molar-refractivity contribution in [1.82, 2.24) is 9.80 Å². The molecule has 122 valence electrons. The van der Waals surface area contributed by atoms with Gasteiger partial charge in [-0.1, -0.05) is 13.8 Å². The summed E-state index contributed by atoms with van der Waals surface area (Å²) in [6, 6.07) is -0.541. The van der Waals surface area contributed by atoms with Crippen LogP contribution in [0, 0.1) is 5.92 Å². The lowest BCUT2D eigenvalue weighted by atomic mass is 10.0. The Hall–Kier alpha value is -1.14. The molecule has 3 atom stereocenters. The van der Waals surface area contributed by atoms with Crippen molar-refractivity contribution in [3.63, 3.8) is 0 Å². The lowest BCUT2D eigenvalue weighted by molar-refractivity contribution is -0.144. The molecule has 6 heteroatoms. The van der Waals surface area contributed by atoms with Gasteiger partial charge in [-0.05, 0) is 39.2 Å². The van der Waals surface area contributed by atoms with Crippen LogP contribution in [0.2, 0.25) is 0 Å². The van der Waals surface area contributed by atoms with Crippen molar-refractivity contribution >= 4 is 11.9 Å². The summed E-state index contributed by atoms with van der Waals surface area (Å²) in [6.07, 6.45) is 1.35. The van der Waals surface area contributed by atoms with Gasteiger partial charge in [-0.2, -0.15) is 0 Å². The second kappa shape index (κ2) is 7.75. The standard InChI is InChI=1S/C15H28N2O4/c1-10(2)8-13(15(20)21)16(4)9-12-6-5-7-17(12)14(19)11(3)18/h10-13,18H,5-9H2,1-4H3,(H,20,21)/t11-,12-,13+/m0/s1. The van der Waals surface area contributed by atoms with Crippen LogP contribution in [0.1, 0.15) is 40.0 Å². The molecule has 1 amide bonds. The minimum absolute atomic E-state index is 0.00823. The van der Waals surface area contributed by atoms with Crippen LogP contribution in [-0.4, -0.2) is 70.2 Å². The average Bonchev–Trinajstić information content (AvgIpc) is 2.82. The summed E-state index contributed by atoms with van der Waals surface area (Å²) >= 11 is 0. The van der Waals surface area contributed by atoms with E-state index >= 15 is 0 Å². The van der Waals surface area contributed by atoms with E-state index in [1.54, 1.807) is 11.9 Å². The Kier molecular flexibility index (Phi) is 6.61. The molecule has 0 aromatic heterocycles. The summed E-state index contributed by atoms with van der Waals surface area (Å²) in [4.78, 5) is 26.9. The average molecular weight is 300 g/mol. The van der Waals surface area contributed by atoms with E-state index in [0.29, 0.717) is 25.4 Å². The highest BCUT2D eigenvalue weighted by atomic mass is 16.4. The number of amides is 1. The van der Waals surface area contributed by atoms with E-state index in [4.69, 9.17) is 0 Å². The molecule has 6 nitrogen and oxygen atoms in total. The molecule has 0 aliphatic carbocycles. The van der Waals surface area contributed by atoms with Gasteiger partial charge in [0.25, 0.3) is 5.91 Å². The van der Waals surface area contributed by atoms with Gasteiger partial charge in [-0.3, -0.25) is 14.5 Å². The third-order valence-electron chi connectivity index (χ3n) is 4.03. The van der Waals surface area contributed by atoms with Gasteiger partial charge in [0, 0.05) is 19.1 Å². The van der Waals surface area contributed by atoms with Crippen LogP contribution in [0.25, 0.3) is 0 Å². The number of hydrogen-bond acceptors (Lipinski definition) is 4. The smallest absolute Gasteiger partial charge is 0.320 e. The molecule has 0 spiro atoms. The first-order valence-electron chi connectivity index (χ1n) is 7.65. The minimum Gasteiger partial charge on any atom is -0.480 e. The molecule has 0 aromatic rings. The van der Waals surface area contributed by atoms with Gasteiger partial charge in [0.1, 0.15) is 12.1 Å². The third-order valence-corrected chi connectivity index (χ3v) is 4.03. The SMILES string of the molecule is CC(C)C[C@H](C(=O)O)N(C)C[C@@H]1CCCN1C(=O)[C@H](C)O. The number of rotatable bonds is 7. The molecular weight excluding hydrogens is 272 g/mol. The minimum atomic E-state index is -0.998. The Balaban J connectivity index is 2.69. The first-order valence-corrected chi connectivity index (χ1v) is 7.65. The van der Waals surface area contributed by atoms with E-state index in [0.717, 1.165) is 12.8 Å². The second-order valence-electron chi connectivity index (χ2n) is 6.43. The predicted octanol–water partition coefficient (Wildman–Crippen LogP) is 0.789. The molecule has 1 aliphatic rings. The van der Waals surface area contributed by atoms with Crippen LogP contribution in [0.5, 0.6) is 0 Å². The number of carboxylic acid groups (broad SMARTS) is 1. The maximum absolute atomic E-state index is 12.0. The molecule has 0 aromatic carbocycles. The van der Waals surface area contributed by atoms with Crippen molar-refractivity contribution in [2.24, 2.45) is 5.92 Å². The number of carboxylic acids is 1. The number of carbonyl (C=O) groups is 2. The lowest BCUT2D eigenvalue weighted by Gasteiger charge is -2.32. The summed E-state index contributed by atoms with van der Waals surface area (Å²) in [5.74, 6) is -0.786. The zero-order valence-electron chi connectivity index (χ0n) is 13.5. The second-order valence-corrected chi connectivity index (χ2v) is 6.43. The maximum atomic E-state index is 12.0. The Labute approximate surface area is 126 Å². The van der Waals surface area contributed by atoms with Crippen molar-refractivity contribution < 1.29 is 19.8 Å². The van der Waals surface area contributed by atoms with Crippen molar-refractivity contribution in [3.8, 4) is 0 Å². The highest BCUT2D eigenvalue weighted by molar-refractivity contribution is 5.80. The lowest BCUT2D eigenvalue weighted by Crippen LogP contribution is -2.49. The summed E-state index contributed by atoms with van der Waals surface area (Å²) in [7, 11) is 1.80. The van der Waals surface area contributed by atoms with E-state index < -0.39 is 18.1 Å². The molecule has 0 unspecified atom stereocenters. The monoisotopic (exact) mass is 300 g/mol. The Bertz CT molecular complexity index is 371. The van der Waals surface area contributed by atoms with Crippen LogP contribution < -0.4 is 0 Å². The summed E-state index contributed by atoms with van der Waals surface area (Å²) in [6.45, 7) is 6.65. The molecule has 1 fully saturated rings. The summed E-state index contributed by atoms with van der Waals surface area (Å²) in [5.41, 5.74) is 0. The van der Waals surface area contributed by atoms with Gasteiger partial charge in [0.15, 0.2) is 0 Å². The molecule has 0 saturated carbocycles. The van der Waals surface area contributed by atoms with Gasteiger partial charge in [-0.15, -0.1) is 0 Å². The number of aliphatic carboxylic acids is 1. The van der Waals surface area contributed by atoms with Crippen molar-refractivity contribution in [3.05, 3.63) is 0 Å². The number of aliphatic hydroxyl groups excluding tert-OH is 1. The zero-order chi connectivity index (χ0) is 16.2. The zero-order valence-corrected chi connectivity index (χ0v) is 13.5. The molecule has 21 heavy (non-hydrogen) atoms. The van der Waals surface area contributed by atoms with Crippen LogP contribution in [0.15, 0.2) is 0 Å². The first-order chi connectivity index (χ1) is 9.73. The van der Waals surface area contributed by atoms with Gasteiger partial charge in [0.2, 0.25) is 0 Å². The van der Waals surface area contributed by atoms with Crippen LogP contribution in [-0.2, 0) is 9.59 Å². The van der Waals surface area contributed by atoms with Gasteiger partial charge >= 0.3 is 5.97 Å². The van der Waals surface area contributed by atoms with E-state index in [1.165, 1.54) is 6.92 Å². The molecule has 1 rings (SSSR count). The number of likely N-dealkylation sites (tertiary alicyclic amines) is 1. The van der Waals surface area contributed by atoms with Gasteiger partial charge in [0.05, 0.1) is 0 Å². The van der Waals surface area contributed by atoms with Crippen LogP contribution in [0.4, 0.5) is 0 Å². The highest BCUT2D eigenvalue weighted by Crippen LogP contribution is 2.21. The van der Waals surface area contributed by atoms with E-state index in [1.807, 2.05) is 18.7 Å². The Morgan fingerprint density at radius 3 is 2.43 bits per heavy atom. The molecule has 1 heterocycles. The van der Waals surface area contributed by atoms with E-state index in [-0.39, 0.29) is 11.9 Å². The Morgan fingerprint density at radius 2 is 1.95 bits per heavy atom. The van der Waals surface area contributed by atoms with E-state index in [2.05, 4.69) is 0 Å². The topological polar surface area (TPSA) is 81.1 Å². The number of nitrogens with zero attached hydrogens (tertiary/aromatic N) is 2. The highest BCUT2D eigenvalue weighted by Gasteiger charge is 2.33. The first kappa shape index (κ1) is 17.9. The fourth-order valence-electron chi connectivity index (χ4n) is 2.93. The number of carbonyl (C=O) groups excluding carboxylic acids is 1. The molecule has 0 bridgehead atoms. The normalized spacial score (nSPS) is 21.9. The van der Waals surface area contributed by atoms with Crippen molar-refractivity contribution in [1.29, 1.82) is 0 Å². The number of likely N-dealkylation sites (N-methyl/N-ethyl adjacent to an activating group) is 1. The Morgan fingerprint density at radius 1 is 1.33 bits per heavy atom. The summed E-state index contributed by atoms with van der Waals surface area (Å²) in [5, 5.41) is 18.8. The van der Waals surface area contributed by atoms with Gasteiger partial charge < -0.3 is 15.1 Å². The quantitative estimate of drug-likeness (QED) is 0.726. The number of aliphatic hydroxyl groups is 1. The molecule has 1 saturated heterocycles. The van der Waals surface area contributed by atoms with Gasteiger partial charge in [-0.25, -0.2) is 0 Å².